The SMILES string of the molecule is c1ccc(-c2cc(-c3nc(-c4ccncc4)no3)no2)cc1. The number of nitrogens with zero attached hydrogens (tertiary/aromatic N) is 4. The van der Waals surface area contributed by atoms with Crippen LogP contribution in [-0.4, -0.2) is 20.3 Å². The van der Waals surface area contributed by atoms with Crippen LogP contribution in [0.25, 0.3) is 34.3 Å². The van der Waals surface area contributed by atoms with Gasteiger partial charge in [0.05, 0.1) is 0 Å². The van der Waals surface area contributed by atoms with Gasteiger partial charge in [-0.05, 0) is 12.1 Å². The molecule has 3 aromatic heterocycles. The summed E-state index contributed by atoms with van der Waals surface area (Å²) in [6, 6.07) is 15.1. The van der Waals surface area contributed by atoms with Crippen molar-refractivity contribution in [2.45, 2.75) is 0 Å². The highest BCUT2D eigenvalue weighted by Crippen LogP contribution is 2.26. The Morgan fingerprint density at radius 1 is 0.773 bits per heavy atom. The van der Waals surface area contributed by atoms with E-state index in [0.717, 1.165) is 11.1 Å². The minimum atomic E-state index is 0.317. The molecule has 0 fully saturated rings. The fourth-order valence-electron chi connectivity index (χ4n) is 2.06. The Labute approximate surface area is 125 Å². The van der Waals surface area contributed by atoms with Gasteiger partial charge >= 0.3 is 0 Å². The number of hydrogen-bond donors (Lipinski definition) is 0. The van der Waals surface area contributed by atoms with Crippen molar-refractivity contribution in [2.24, 2.45) is 0 Å². The van der Waals surface area contributed by atoms with Crippen LogP contribution in [0.1, 0.15) is 0 Å². The normalized spacial score (nSPS) is 10.7. The van der Waals surface area contributed by atoms with Gasteiger partial charge in [0.2, 0.25) is 5.82 Å². The molecule has 0 radical (unpaired) electrons. The number of benzene rings is 1. The number of pyridine rings is 1. The van der Waals surface area contributed by atoms with Crippen LogP contribution in [-0.2, 0) is 0 Å². The van der Waals surface area contributed by atoms with Gasteiger partial charge in [0.15, 0.2) is 11.5 Å². The van der Waals surface area contributed by atoms with E-state index in [0.29, 0.717) is 23.2 Å². The van der Waals surface area contributed by atoms with Gasteiger partial charge in [-0.1, -0.05) is 40.6 Å². The number of aromatic nitrogens is 4. The summed E-state index contributed by atoms with van der Waals surface area (Å²) in [4.78, 5) is 8.29. The van der Waals surface area contributed by atoms with Gasteiger partial charge in [-0.2, -0.15) is 4.98 Å². The van der Waals surface area contributed by atoms with Crippen LogP contribution >= 0.6 is 0 Å². The van der Waals surface area contributed by atoms with Crippen molar-refractivity contribution in [3.63, 3.8) is 0 Å². The van der Waals surface area contributed by atoms with Crippen LogP contribution < -0.4 is 0 Å². The summed E-state index contributed by atoms with van der Waals surface area (Å²) < 4.78 is 10.6. The molecule has 0 N–H and O–H groups in total. The van der Waals surface area contributed by atoms with Gasteiger partial charge in [-0.3, -0.25) is 4.98 Å². The van der Waals surface area contributed by atoms with E-state index in [1.165, 1.54) is 0 Å². The van der Waals surface area contributed by atoms with Crippen LogP contribution in [0.4, 0.5) is 0 Å². The standard InChI is InChI=1S/C16H10N4O2/c1-2-4-11(5-3-1)14-10-13(19-21-14)16-18-15(20-22-16)12-6-8-17-9-7-12/h1-10H. The maximum atomic E-state index is 5.33. The molecule has 0 bridgehead atoms. The zero-order valence-corrected chi connectivity index (χ0v) is 11.4. The molecule has 0 aliphatic heterocycles. The van der Waals surface area contributed by atoms with Crippen molar-refractivity contribution in [3.8, 4) is 34.3 Å². The molecule has 1 aromatic carbocycles. The van der Waals surface area contributed by atoms with E-state index in [9.17, 15) is 0 Å². The second-order valence-electron chi connectivity index (χ2n) is 4.60. The van der Waals surface area contributed by atoms with Crippen molar-refractivity contribution < 1.29 is 9.05 Å². The van der Waals surface area contributed by atoms with E-state index >= 15 is 0 Å². The average Bonchev–Trinajstić information content (AvgIpc) is 3.26. The molecule has 3 heterocycles. The van der Waals surface area contributed by atoms with E-state index in [-0.39, 0.29) is 0 Å². The minimum absolute atomic E-state index is 0.317. The van der Waals surface area contributed by atoms with Crippen LogP contribution in [0.3, 0.4) is 0 Å². The molecule has 0 saturated heterocycles. The summed E-state index contributed by atoms with van der Waals surface area (Å²) in [5.41, 5.74) is 2.28. The zero-order valence-electron chi connectivity index (χ0n) is 11.4. The highest BCUT2D eigenvalue weighted by molar-refractivity contribution is 5.63. The first-order valence-corrected chi connectivity index (χ1v) is 6.67. The summed E-state index contributed by atoms with van der Waals surface area (Å²) in [7, 11) is 0. The second kappa shape index (κ2) is 5.25. The molecule has 0 aliphatic rings. The highest BCUT2D eigenvalue weighted by atomic mass is 16.5. The predicted molar refractivity (Wildman–Crippen MR) is 78.5 cm³/mol. The molecule has 0 saturated carbocycles. The topological polar surface area (TPSA) is 77.8 Å². The Balaban J connectivity index is 1.66. The van der Waals surface area contributed by atoms with Crippen LogP contribution in [0.2, 0.25) is 0 Å². The Kier molecular flexibility index (Phi) is 2.97. The third-order valence-corrected chi connectivity index (χ3v) is 3.15. The molecule has 0 atom stereocenters. The van der Waals surface area contributed by atoms with Crippen molar-refractivity contribution >= 4 is 0 Å². The summed E-state index contributed by atoms with van der Waals surface area (Å²) in [5, 5.41) is 7.94. The van der Waals surface area contributed by atoms with Gasteiger partial charge in [-0.15, -0.1) is 0 Å². The second-order valence-corrected chi connectivity index (χ2v) is 4.60. The Morgan fingerprint density at radius 2 is 1.59 bits per heavy atom. The predicted octanol–water partition coefficient (Wildman–Crippen LogP) is 3.45. The van der Waals surface area contributed by atoms with Crippen molar-refractivity contribution in [3.05, 3.63) is 60.9 Å². The van der Waals surface area contributed by atoms with Gasteiger partial charge in [0.1, 0.15) is 0 Å². The first-order valence-electron chi connectivity index (χ1n) is 6.67. The lowest BCUT2D eigenvalue weighted by atomic mass is 10.2. The molecular weight excluding hydrogens is 280 g/mol. The maximum Gasteiger partial charge on any atom is 0.280 e. The average molecular weight is 290 g/mol. The lowest BCUT2D eigenvalue weighted by Gasteiger charge is -1.91. The molecular formula is C16H10N4O2. The molecule has 4 aromatic rings. The summed E-state index contributed by atoms with van der Waals surface area (Å²) >= 11 is 0. The zero-order chi connectivity index (χ0) is 14.8. The van der Waals surface area contributed by atoms with Crippen molar-refractivity contribution in [2.75, 3.05) is 0 Å². The fraction of sp³-hybridized carbons (Fsp3) is 0. The molecule has 22 heavy (non-hydrogen) atoms. The summed E-state index contributed by atoms with van der Waals surface area (Å²) in [6.07, 6.45) is 3.35. The molecule has 0 unspecified atom stereocenters. The largest absolute Gasteiger partial charge is 0.355 e. The summed E-state index contributed by atoms with van der Waals surface area (Å²) in [5.74, 6) is 1.46. The Bertz CT molecular complexity index is 809. The van der Waals surface area contributed by atoms with E-state index in [2.05, 4.69) is 20.3 Å². The third-order valence-electron chi connectivity index (χ3n) is 3.15. The first-order chi connectivity index (χ1) is 10.9. The Hall–Kier alpha value is -3.28. The van der Waals surface area contributed by atoms with Crippen molar-refractivity contribution in [1.82, 2.24) is 20.3 Å². The van der Waals surface area contributed by atoms with Gasteiger partial charge in [-0.25, -0.2) is 0 Å². The number of rotatable bonds is 3. The van der Waals surface area contributed by atoms with E-state index < -0.39 is 0 Å². The van der Waals surface area contributed by atoms with Crippen molar-refractivity contribution in [1.29, 1.82) is 0 Å². The van der Waals surface area contributed by atoms with Crippen LogP contribution in [0.5, 0.6) is 0 Å². The smallest absolute Gasteiger partial charge is 0.280 e. The lowest BCUT2D eigenvalue weighted by Crippen LogP contribution is -1.81. The third kappa shape index (κ3) is 2.26. The summed E-state index contributed by atoms with van der Waals surface area (Å²) in [6.45, 7) is 0. The monoisotopic (exact) mass is 290 g/mol. The molecule has 0 amide bonds. The first kappa shape index (κ1) is 12.5. The fourth-order valence-corrected chi connectivity index (χ4v) is 2.06. The van der Waals surface area contributed by atoms with E-state index in [1.807, 2.05) is 42.5 Å². The Morgan fingerprint density at radius 3 is 2.41 bits per heavy atom. The van der Waals surface area contributed by atoms with Gasteiger partial charge in [0, 0.05) is 29.6 Å². The molecule has 4 rings (SSSR count). The highest BCUT2D eigenvalue weighted by Gasteiger charge is 2.15. The van der Waals surface area contributed by atoms with Gasteiger partial charge < -0.3 is 9.05 Å². The minimum Gasteiger partial charge on any atom is -0.355 e. The lowest BCUT2D eigenvalue weighted by molar-refractivity contribution is 0.411. The quantitative estimate of drug-likeness (QED) is 0.575. The van der Waals surface area contributed by atoms with E-state index in [4.69, 9.17) is 9.05 Å². The molecule has 6 nitrogen and oxygen atoms in total. The molecule has 6 heteroatoms. The van der Waals surface area contributed by atoms with E-state index in [1.54, 1.807) is 18.5 Å². The number of hydrogen-bond acceptors (Lipinski definition) is 6. The van der Waals surface area contributed by atoms with Crippen LogP contribution in [0, 0.1) is 0 Å². The molecule has 106 valence electrons. The van der Waals surface area contributed by atoms with Crippen LogP contribution in [0.15, 0.2) is 70.0 Å². The maximum absolute atomic E-state index is 5.33. The van der Waals surface area contributed by atoms with Gasteiger partial charge in [0.25, 0.3) is 5.89 Å². The molecule has 0 spiro atoms. The molecule has 0 aliphatic carbocycles.